The lowest BCUT2D eigenvalue weighted by Crippen LogP contribution is -2.38. The average Bonchev–Trinajstić information content (AvgIpc) is 2.41. The molecule has 0 spiro atoms. The number of benzene rings is 1. The highest BCUT2D eigenvalue weighted by Gasteiger charge is 2.30. The Balaban J connectivity index is 2.47. The molecule has 1 saturated heterocycles. The van der Waals surface area contributed by atoms with Gasteiger partial charge in [-0.1, -0.05) is 11.6 Å². The maximum Gasteiger partial charge on any atom is 0.246 e. The summed E-state index contributed by atoms with van der Waals surface area (Å²) in [5, 5.41) is 9.13. The summed E-state index contributed by atoms with van der Waals surface area (Å²) in [5.74, 6) is 0.452. The predicted octanol–water partition coefficient (Wildman–Crippen LogP) is 1.71. The maximum absolute atomic E-state index is 14.1. The van der Waals surface area contributed by atoms with Gasteiger partial charge in [-0.05, 0) is 12.1 Å². The van der Waals surface area contributed by atoms with Gasteiger partial charge in [-0.3, -0.25) is 0 Å². The first-order valence-electron chi connectivity index (χ1n) is 5.63. The molecule has 1 N–H and O–H groups in total. The first-order valence-corrected chi connectivity index (χ1v) is 8.61. The molecule has 0 atom stereocenters. The lowest BCUT2D eigenvalue weighted by molar-refractivity contribution is 0.274. The maximum atomic E-state index is 14.1. The average molecular weight is 326 g/mol. The third-order valence-corrected chi connectivity index (χ3v) is 5.90. The van der Waals surface area contributed by atoms with Crippen molar-refractivity contribution in [2.45, 2.75) is 11.5 Å². The topological polar surface area (TPSA) is 57.6 Å². The third kappa shape index (κ3) is 3.05. The van der Waals surface area contributed by atoms with Gasteiger partial charge in [0, 0.05) is 35.2 Å². The molecule has 0 saturated carbocycles. The predicted molar refractivity (Wildman–Crippen MR) is 73.4 cm³/mol. The zero-order valence-corrected chi connectivity index (χ0v) is 12.4. The van der Waals surface area contributed by atoms with Crippen LogP contribution >= 0.6 is 23.4 Å². The Bertz CT molecular complexity index is 574. The van der Waals surface area contributed by atoms with Crippen LogP contribution in [0.4, 0.5) is 4.39 Å². The second-order valence-electron chi connectivity index (χ2n) is 4.05. The van der Waals surface area contributed by atoms with Gasteiger partial charge in [0.25, 0.3) is 0 Å². The van der Waals surface area contributed by atoms with Crippen LogP contribution in [0.1, 0.15) is 5.56 Å². The smallest absolute Gasteiger partial charge is 0.246 e. The van der Waals surface area contributed by atoms with E-state index in [-0.39, 0.29) is 10.6 Å². The molecule has 0 radical (unpaired) electrons. The molecule has 2 rings (SSSR count). The van der Waals surface area contributed by atoms with Crippen molar-refractivity contribution in [3.05, 3.63) is 28.5 Å². The highest BCUT2D eigenvalue weighted by Crippen LogP contribution is 2.27. The van der Waals surface area contributed by atoms with Crippen LogP contribution in [-0.4, -0.2) is 42.4 Å². The normalized spacial score (nSPS) is 17.6. The number of hydrogen-bond acceptors (Lipinski definition) is 4. The van der Waals surface area contributed by atoms with Crippen LogP contribution in [0.15, 0.2) is 17.0 Å². The van der Waals surface area contributed by atoms with Crippen molar-refractivity contribution in [2.75, 3.05) is 24.6 Å². The summed E-state index contributed by atoms with van der Waals surface area (Å²) in [4.78, 5) is -0.462. The minimum atomic E-state index is -3.90. The standard InChI is InChI=1S/C11H13ClFNO3S2/c12-9-5-8(7-15)11(13)10(6-9)19(16,17)14-1-3-18-4-2-14/h5-6,15H,1-4,7H2. The minimum Gasteiger partial charge on any atom is -0.392 e. The molecule has 1 aliphatic heterocycles. The number of halogens is 2. The van der Waals surface area contributed by atoms with Gasteiger partial charge in [-0.2, -0.15) is 16.1 Å². The fourth-order valence-corrected chi connectivity index (χ4v) is 4.86. The van der Waals surface area contributed by atoms with Gasteiger partial charge < -0.3 is 5.11 Å². The molecule has 4 nitrogen and oxygen atoms in total. The summed E-state index contributed by atoms with van der Waals surface area (Å²) in [6, 6.07) is 2.31. The Labute approximate surface area is 120 Å². The monoisotopic (exact) mass is 325 g/mol. The second kappa shape index (κ2) is 5.97. The first-order chi connectivity index (χ1) is 8.96. The fourth-order valence-electron chi connectivity index (χ4n) is 1.85. The van der Waals surface area contributed by atoms with E-state index < -0.39 is 27.3 Å². The number of aliphatic hydroxyl groups is 1. The molecule has 1 aromatic carbocycles. The molecular formula is C11H13ClFNO3S2. The molecule has 1 aliphatic rings. The second-order valence-corrected chi connectivity index (χ2v) is 7.62. The summed E-state index contributed by atoms with van der Waals surface area (Å²) in [6.07, 6.45) is 0. The molecule has 0 aliphatic carbocycles. The van der Waals surface area contributed by atoms with E-state index in [1.165, 1.54) is 10.4 Å². The van der Waals surface area contributed by atoms with Gasteiger partial charge in [0.05, 0.1) is 6.61 Å². The van der Waals surface area contributed by atoms with Crippen molar-refractivity contribution in [1.29, 1.82) is 0 Å². The quantitative estimate of drug-likeness (QED) is 0.919. The van der Waals surface area contributed by atoms with E-state index in [1.807, 2.05) is 0 Å². The molecule has 0 unspecified atom stereocenters. The highest BCUT2D eigenvalue weighted by atomic mass is 35.5. The first kappa shape index (κ1) is 15.1. The summed E-state index contributed by atoms with van der Waals surface area (Å²) in [5.41, 5.74) is -0.113. The summed E-state index contributed by atoms with van der Waals surface area (Å²) in [7, 11) is -3.90. The molecule has 0 bridgehead atoms. The van der Waals surface area contributed by atoms with Crippen molar-refractivity contribution in [3.63, 3.8) is 0 Å². The van der Waals surface area contributed by atoms with Crippen LogP contribution in [0, 0.1) is 5.82 Å². The molecule has 106 valence electrons. The highest BCUT2D eigenvalue weighted by molar-refractivity contribution is 7.99. The summed E-state index contributed by atoms with van der Waals surface area (Å²) < 4.78 is 40.1. The van der Waals surface area contributed by atoms with E-state index >= 15 is 0 Å². The van der Waals surface area contributed by atoms with Crippen LogP contribution in [0.3, 0.4) is 0 Å². The van der Waals surface area contributed by atoms with E-state index in [1.54, 1.807) is 11.8 Å². The Morgan fingerprint density at radius 1 is 1.37 bits per heavy atom. The lowest BCUT2D eigenvalue weighted by atomic mass is 10.2. The van der Waals surface area contributed by atoms with Crippen LogP contribution < -0.4 is 0 Å². The molecule has 1 heterocycles. The third-order valence-electron chi connectivity index (χ3n) is 2.84. The lowest BCUT2D eigenvalue weighted by Gasteiger charge is -2.26. The Hall–Kier alpha value is -0.340. The number of nitrogens with zero attached hydrogens (tertiary/aromatic N) is 1. The molecule has 1 aromatic rings. The van der Waals surface area contributed by atoms with Crippen LogP contribution in [0.5, 0.6) is 0 Å². The van der Waals surface area contributed by atoms with Crippen molar-refractivity contribution in [1.82, 2.24) is 4.31 Å². The Morgan fingerprint density at radius 3 is 2.58 bits per heavy atom. The van der Waals surface area contributed by atoms with Gasteiger partial charge >= 0.3 is 0 Å². The summed E-state index contributed by atoms with van der Waals surface area (Å²) in [6.45, 7) is 0.117. The molecule has 19 heavy (non-hydrogen) atoms. The van der Waals surface area contributed by atoms with Crippen LogP contribution in [0.2, 0.25) is 5.02 Å². The van der Waals surface area contributed by atoms with Gasteiger partial charge in [0.1, 0.15) is 10.7 Å². The zero-order valence-electron chi connectivity index (χ0n) is 9.97. The molecule has 0 aromatic heterocycles. The van der Waals surface area contributed by atoms with Gasteiger partial charge in [-0.25, -0.2) is 12.8 Å². The number of thioether (sulfide) groups is 1. The fraction of sp³-hybridized carbons (Fsp3) is 0.455. The van der Waals surface area contributed by atoms with Gasteiger partial charge in [0.2, 0.25) is 10.0 Å². The van der Waals surface area contributed by atoms with E-state index in [0.717, 1.165) is 6.07 Å². The SMILES string of the molecule is O=S(=O)(c1cc(Cl)cc(CO)c1F)N1CCSCC1. The molecule has 0 amide bonds. The number of aliphatic hydroxyl groups excluding tert-OH is 1. The van der Waals surface area contributed by atoms with Crippen LogP contribution in [0.25, 0.3) is 0 Å². The van der Waals surface area contributed by atoms with Crippen molar-refractivity contribution >= 4 is 33.4 Å². The van der Waals surface area contributed by atoms with Gasteiger partial charge in [0.15, 0.2) is 0 Å². The number of rotatable bonds is 3. The van der Waals surface area contributed by atoms with Crippen LogP contribution in [-0.2, 0) is 16.6 Å². The minimum absolute atomic E-state index is 0.0930. The Morgan fingerprint density at radius 2 is 2.00 bits per heavy atom. The van der Waals surface area contributed by atoms with Crippen molar-refractivity contribution in [2.24, 2.45) is 0 Å². The Kier molecular flexibility index (Phi) is 4.73. The van der Waals surface area contributed by atoms with Gasteiger partial charge in [-0.15, -0.1) is 0 Å². The number of sulfonamides is 1. The van der Waals surface area contributed by atoms with E-state index in [2.05, 4.69) is 0 Å². The van der Waals surface area contributed by atoms with E-state index in [0.29, 0.717) is 24.6 Å². The zero-order chi connectivity index (χ0) is 14.0. The largest absolute Gasteiger partial charge is 0.392 e. The molecule has 1 fully saturated rings. The number of hydrogen-bond donors (Lipinski definition) is 1. The van der Waals surface area contributed by atoms with E-state index in [4.69, 9.17) is 16.7 Å². The summed E-state index contributed by atoms with van der Waals surface area (Å²) >= 11 is 7.44. The molecule has 8 heteroatoms. The van der Waals surface area contributed by atoms with Crippen molar-refractivity contribution < 1.29 is 17.9 Å². The van der Waals surface area contributed by atoms with Crippen molar-refractivity contribution in [3.8, 4) is 0 Å². The molecular weight excluding hydrogens is 313 g/mol. The van der Waals surface area contributed by atoms with E-state index in [9.17, 15) is 12.8 Å².